The molecule has 3 fully saturated rings. The molecule has 4 rings (SSSR count). The Morgan fingerprint density at radius 3 is 3.09 bits per heavy atom. The Kier molecular flexibility index (Phi) is 3.27. The number of hydrogen-bond donors (Lipinski definition) is 0. The summed E-state index contributed by atoms with van der Waals surface area (Å²) in [6.45, 7) is 3.52. The van der Waals surface area contributed by atoms with E-state index in [0.717, 1.165) is 13.2 Å². The van der Waals surface area contributed by atoms with Gasteiger partial charge in [0.2, 0.25) is 0 Å². The quantitative estimate of drug-likeness (QED) is 0.834. The van der Waals surface area contributed by atoms with Gasteiger partial charge < -0.3 is 14.4 Å². The number of likely N-dealkylation sites (tertiary alicyclic amines) is 1. The van der Waals surface area contributed by atoms with E-state index in [1.807, 2.05) is 22.7 Å². The van der Waals surface area contributed by atoms with E-state index in [9.17, 15) is 4.79 Å². The summed E-state index contributed by atoms with van der Waals surface area (Å²) in [6.07, 6.45) is 2.43. The molecule has 3 aliphatic rings. The van der Waals surface area contributed by atoms with Gasteiger partial charge in [-0.1, -0.05) is 0 Å². The first-order valence-electron chi connectivity index (χ1n) is 8.03. The number of carbonyl (C=O) groups is 1. The first kappa shape index (κ1) is 14.2. The van der Waals surface area contributed by atoms with Crippen molar-refractivity contribution < 1.29 is 14.3 Å². The number of rotatable bonds is 4. The molecule has 1 aliphatic carbocycles. The van der Waals surface area contributed by atoms with Crippen LogP contribution in [0.1, 0.15) is 34.9 Å². The second-order valence-electron chi connectivity index (χ2n) is 7.05. The first-order valence-corrected chi connectivity index (χ1v) is 8.03. The van der Waals surface area contributed by atoms with Crippen LogP contribution in [0.4, 0.5) is 0 Å². The SMILES string of the molecule is COC[C@@]12COC[C@@H]1CN(C(=O)c1cc(C3CC3)n(C)n1)C2. The summed E-state index contributed by atoms with van der Waals surface area (Å²) in [5.41, 5.74) is 1.74. The average molecular weight is 305 g/mol. The van der Waals surface area contributed by atoms with E-state index in [1.165, 1.54) is 18.5 Å². The van der Waals surface area contributed by atoms with Crippen molar-refractivity contribution in [3.05, 3.63) is 17.5 Å². The molecule has 3 heterocycles. The minimum Gasteiger partial charge on any atom is -0.384 e. The van der Waals surface area contributed by atoms with Gasteiger partial charge in [0.05, 0.1) is 19.8 Å². The van der Waals surface area contributed by atoms with Gasteiger partial charge in [-0.25, -0.2) is 0 Å². The van der Waals surface area contributed by atoms with Crippen LogP contribution in [0.25, 0.3) is 0 Å². The van der Waals surface area contributed by atoms with E-state index in [-0.39, 0.29) is 11.3 Å². The summed E-state index contributed by atoms with van der Waals surface area (Å²) in [4.78, 5) is 14.7. The summed E-state index contributed by atoms with van der Waals surface area (Å²) < 4.78 is 12.9. The molecule has 0 radical (unpaired) electrons. The van der Waals surface area contributed by atoms with Gasteiger partial charge in [0.15, 0.2) is 5.69 Å². The lowest BCUT2D eigenvalue weighted by Gasteiger charge is -2.25. The molecule has 1 aromatic heterocycles. The maximum absolute atomic E-state index is 12.8. The first-order chi connectivity index (χ1) is 10.6. The fraction of sp³-hybridized carbons (Fsp3) is 0.750. The molecule has 0 bridgehead atoms. The molecule has 0 N–H and O–H groups in total. The normalized spacial score (nSPS) is 30.8. The van der Waals surface area contributed by atoms with Crippen molar-refractivity contribution in [2.24, 2.45) is 18.4 Å². The van der Waals surface area contributed by atoms with Crippen molar-refractivity contribution in [2.45, 2.75) is 18.8 Å². The van der Waals surface area contributed by atoms with Gasteiger partial charge in [-0.15, -0.1) is 0 Å². The molecule has 120 valence electrons. The van der Waals surface area contributed by atoms with Crippen LogP contribution in [0.5, 0.6) is 0 Å². The minimum atomic E-state index is -0.0293. The Labute approximate surface area is 130 Å². The Bertz CT molecular complexity index is 595. The van der Waals surface area contributed by atoms with E-state index in [4.69, 9.17) is 9.47 Å². The highest BCUT2D eigenvalue weighted by atomic mass is 16.5. The number of methoxy groups -OCH3 is 1. The van der Waals surface area contributed by atoms with Crippen LogP contribution in [-0.2, 0) is 16.5 Å². The van der Waals surface area contributed by atoms with E-state index in [1.54, 1.807) is 7.11 Å². The highest BCUT2D eigenvalue weighted by Gasteiger charge is 2.52. The van der Waals surface area contributed by atoms with Gasteiger partial charge in [-0.05, 0) is 18.9 Å². The van der Waals surface area contributed by atoms with Crippen LogP contribution in [0.15, 0.2) is 6.07 Å². The summed E-state index contributed by atoms with van der Waals surface area (Å²) in [5, 5.41) is 4.44. The summed E-state index contributed by atoms with van der Waals surface area (Å²) in [5.74, 6) is 1.03. The summed E-state index contributed by atoms with van der Waals surface area (Å²) >= 11 is 0. The highest BCUT2D eigenvalue weighted by molar-refractivity contribution is 5.92. The topological polar surface area (TPSA) is 56.6 Å². The van der Waals surface area contributed by atoms with Gasteiger partial charge in [0, 0.05) is 50.2 Å². The lowest BCUT2D eigenvalue weighted by Crippen LogP contribution is -2.37. The van der Waals surface area contributed by atoms with Crippen molar-refractivity contribution >= 4 is 5.91 Å². The standard InChI is InChI=1S/C16H23N3O3/c1-18-14(11-3-4-11)5-13(17-18)15(20)19-6-12-7-22-10-16(12,8-19)9-21-2/h5,11-12H,3-4,6-10H2,1-2H3/t12-,16-/m0/s1. The zero-order valence-electron chi connectivity index (χ0n) is 13.2. The molecule has 2 atom stereocenters. The van der Waals surface area contributed by atoms with Gasteiger partial charge in [0.25, 0.3) is 5.91 Å². The third-order valence-electron chi connectivity index (χ3n) is 5.37. The second-order valence-corrected chi connectivity index (χ2v) is 7.05. The van der Waals surface area contributed by atoms with Crippen LogP contribution in [-0.4, -0.2) is 60.6 Å². The fourth-order valence-electron chi connectivity index (χ4n) is 3.99. The molecule has 0 unspecified atom stereocenters. The van der Waals surface area contributed by atoms with Crippen molar-refractivity contribution in [3.63, 3.8) is 0 Å². The van der Waals surface area contributed by atoms with Crippen molar-refractivity contribution in [1.82, 2.24) is 14.7 Å². The predicted octanol–water partition coefficient (Wildman–Crippen LogP) is 1.03. The number of aromatic nitrogens is 2. The molecule has 1 amide bonds. The predicted molar refractivity (Wildman–Crippen MR) is 79.7 cm³/mol. The van der Waals surface area contributed by atoms with Gasteiger partial charge in [-0.3, -0.25) is 9.48 Å². The van der Waals surface area contributed by atoms with E-state index >= 15 is 0 Å². The lowest BCUT2D eigenvalue weighted by molar-refractivity contribution is 0.0486. The molecule has 2 saturated heterocycles. The van der Waals surface area contributed by atoms with E-state index in [0.29, 0.717) is 37.3 Å². The summed E-state index contributed by atoms with van der Waals surface area (Å²) in [6, 6.07) is 1.98. The summed E-state index contributed by atoms with van der Waals surface area (Å²) in [7, 11) is 3.65. The van der Waals surface area contributed by atoms with Crippen LogP contribution < -0.4 is 0 Å². The van der Waals surface area contributed by atoms with Crippen LogP contribution in [0.3, 0.4) is 0 Å². The molecular formula is C16H23N3O3. The maximum atomic E-state index is 12.8. The monoisotopic (exact) mass is 305 g/mol. The Hall–Kier alpha value is -1.40. The molecule has 0 aromatic carbocycles. The molecule has 1 aromatic rings. The Morgan fingerprint density at radius 1 is 1.55 bits per heavy atom. The van der Waals surface area contributed by atoms with Crippen LogP contribution in [0, 0.1) is 11.3 Å². The molecule has 22 heavy (non-hydrogen) atoms. The van der Waals surface area contributed by atoms with Gasteiger partial charge in [0.1, 0.15) is 0 Å². The molecule has 2 aliphatic heterocycles. The smallest absolute Gasteiger partial charge is 0.274 e. The largest absolute Gasteiger partial charge is 0.384 e. The van der Waals surface area contributed by atoms with Gasteiger partial charge >= 0.3 is 0 Å². The van der Waals surface area contributed by atoms with E-state index < -0.39 is 0 Å². The number of aryl methyl sites for hydroxylation is 1. The average Bonchev–Trinajstić information content (AvgIpc) is 3.00. The highest BCUT2D eigenvalue weighted by Crippen LogP contribution is 2.42. The van der Waals surface area contributed by atoms with Crippen molar-refractivity contribution in [2.75, 3.05) is 40.0 Å². The zero-order valence-corrected chi connectivity index (χ0v) is 13.2. The zero-order chi connectivity index (χ0) is 15.3. The molecule has 6 nitrogen and oxygen atoms in total. The lowest BCUT2D eigenvalue weighted by atomic mass is 9.82. The third-order valence-corrected chi connectivity index (χ3v) is 5.37. The minimum absolute atomic E-state index is 0.0293. The number of nitrogens with zero attached hydrogens (tertiary/aromatic N) is 3. The van der Waals surface area contributed by atoms with Crippen molar-refractivity contribution in [1.29, 1.82) is 0 Å². The second kappa shape index (κ2) is 5.06. The molecule has 0 spiro atoms. The molecular weight excluding hydrogens is 282 g/mol. The number of fused-ring (bicyclic) bond motifs is 1. The number of hydrogen-bond acceptors (Lipinski definition) is 4. The fourth-order valence-corrected chi connectivity index (χ4v) is 3.99. The third kappa shape index (κ3) is 2.16. The van der Waals surface area contributed by atoms with Gasteiger partial charge in [-0.2, -0.15) is 5.10 Å². The number of ether oxygens (including phenoxy) is 2. The molecule has 6 heteroatoms. The Morgan fingerprint density at radius 2 is 2.36 bits per heavy atom. The Balaban J connectivity index is 1.53. The van der Waals surface area contributed by atoms with E-state index in [2.05, 4.69) is 5.10 Å². The number of carbonyl (C=O) groups excluding carboxylic acids is 1. The van der Waals surface area contributed by atoms with Crippen molar-refractivity contribution in [3.8, 4) is 0 Å². The van der Waals surface area contributed by atoms with Crippen LogP contribution in [0.2, 0.25) is 0 Å². The number of amides is 1. The molecule has 1 saturated carbocycles. The maximum Gasteiger partial charge on any atom is 0.274 e. The van der Waals surface area contributed by atoms with Crippen LogP contribution >= 0.6 is 0 Å².